The van der Waals surface area contributed by atoms with Gasteiger partial charge in [0.1, 0.15) is 5.75 Å². The molecule has 19 heavy (non-hydrogen) atoms. The van der Waals surface area contributed by atoms with E-state index in [2.05, 4.69) is 5.32 Å². The molecule has 100 valence electrons. The van der Waals surface area contributed by atoms with Gasteiger partial charge in [-0.05, 0) is 42.7 Å². The summed E-state index contributed by atoms with van der Waals surface area (Å²) in [6.07, 6.45) is 0. The van der Waals surface area contributed by atoms with Crippen molar-refractivity contribution >= 4 is 5.69 Å². The average molecular weight is 261 g/mol. The Morgan fingerprint density at radius 3 is 2.26 bits per heavy atom. The summed E-state index contributed by atoms with van der Waals surface area (Å²) in [4.78, 5) is 0. The smallest absolute Gasteiger partial charge is 0.166 e. The molecule has 0 unspecified atom stereocenters. The van der Waals surface area contributed by atoms with E-state index in [9.17, 15) is 9.50 Å². The van der Waals surface area contributed by atoms with E-state index in [1.54, 1.807) is 6.07 Å². The van der Waals surface area contributed by atoms with Crippen molar-refractivity contribution in [2.24, 2.45) is 0 Å². The third kappa shape index (κ3) is 2.96. The maximum absolute atomic E-state index is 13.2. The Balaban J connectivity index is 2.12. The molecule has 4 heteroatoms. The van der Waals surface area contributed by atoms with Crippen LogP contribution in [0.15, 0.2) is 30.3 Å². The van der Waals surface area contributed by atoms with Gasteiger partial charge in [0, 0.05) is 18.3 Å². The van der Waals surface area contributed by atoms with Crippen LogP contribution in [0.1, 0.15) is 16.7 Å². The number of aromatic hydroxyl groups is 2. The van der Waals surface area contributed by atoms with Crippen molar-refractivity contribution in [3.63, 3.8) is 0 Å². The minimum absolute atomic E-state index is 0.305. The number of phenols is 2. The number of halogens is 1. The van der Waals surface area contributed by atoms with E-state index in [4.69, 9.17) is 5.11 Å². The van der Waals surface area contributed by atoms with Gasteiger partial charge in [0.15, 0.2) is 11.6 Å². The van der Waals surface area contributed by atoms with Gasteiger partial charge in [-0.2, -0.15) is 0 Å². The van der Waals surface area contributed by atoms with Crippen molar-refractivity contribution in [2.75, 3.05) is 5.32 Å². The molecule has 0 bridgehead atoms. The molecule has 0 amide bonds. The summed E-state index contributed by atoms with van der Waals surface area (Å²) in [6.45, 7) is 4.20. The molecular weight excluding hydrogens is 245 g/mol. The van der Waals surface area contributed by atoms with Crippen molar-refractivity contribution in [2.45, 2.75) is 20.4 Å². The normalized spacial score (nSPS) is 10.5. The number of hydrogen-bond donors (Lipinski definition) is 3. The fraction of sp³-hybridized carbons (Fsp3) is 0.200. The number of hydrogen-bond acceptors (Lipinski definition) is 3. The second-order valence-electron chi connectivity index (χ2n) is 4.60. The molecule has 0 aliphatic rings. The molecule has 3 N–H and O–H groups in total. The van der Waals surface area contributed by atoms with E-state index in [0.29, 0.717) is 18.0 Å². The molecule has 0 heterocycles. The standard InChI is InChI=1S/C15H16FNO2/c1-9-5-11(6-10(2)15(9)19)8-17-12-3-4-14(18)13(16)7-12/h3-7,17-19H,8H2,1-2H3. The van der Waals surface area contributed by atoms with Crippen LogP contribution in [0, 0.1) is 19.7 Å². The highest BCUT2D eigenvalue weighted by Crippen LogP contribution is 2.24. The highest BCUT2D eigenvalue weighted by molar-refractivity contribution is 5.48. The first kappa shape index (κ1) is 13.2. The van der Waals surface area contributed by atoms with Gasteiger partial charge in [0.2, 0.25) is 0 Å². The van der Waals surface area contributed by atoms with E-state index in [1.807, 2.05) is 26.0 Å². The number of rotatable bonds is 3. The molecular formula is C15H16FNO2. The van der Waals surface area contributed by atoms with Gasteiger partial charge < -0.3 is 15.5 Å². The molecule has 0 aliphatic heterocycles. The zero-order valence-corrected chi connectivity index (χ0v) is 10.9. The molecule has 0 saturated heterocycles. The lowest BCUT2D eigenvalue weighted by atomic mass is 10.1. The summed E-state index contributed by atoms with van der Waals surface area (Å²) in [6, 6.07) is 7.93. The lowest BCUT2D eigenvalue weighted by molar-refractivity contribution is 0.432. The molecule has 2 aromatic rings. The molecule has 0 fully saturated rings. The summed E-state index contributed by atoms with van der Waals surface area (Å²) >= 11 is 0. The number of aryl methyl sites for hydroxylation is 2. The maximum atomic E-state index is 13.2. The van der Waals surface area contributed by atoms with Crippen LogP contribution in [-0.2, 0) is 6.54 Å². The van der Waals surface area contributed by atoms with Crippen LogP contribution >= 0.6 is 0 Å². The first-order valence-electron chi connectivity index (χ1n) is 5.99. The molecule has 0 aliphatic carbocycles. The van der Waals surface area contributed by atoms with Crippen molar-refractivity contribution in [3.8, 4) is 11.5 Å². The molecule has 0 radical (unpaired) electrons. The van der Waals surface area contributed by atoms with E-state index in [-0.39, 0.29) is 5.75 Å². The first-order chi connectivity index (χ1) is 8.97. The highest BCUT2D eigenvalue weighted by Gasteiger charge is 2.04. The fourth-order valence-electron chi connectivity index (χ4n) is 1.97. The summed E-state index contributed by atoms with van der Waals surface area (Å²) in [5, 5.41) is 21.9. The Kier molecular flexibility index (Phi) is 3.60. The molecule has 0 saturated carbocycles. The molecule has 3 nitrogen and oxygen atoms in total. The van der Waals surface area contributed by atoms with Crippen LogP contribution in [0.2, 0.25) is 0 Å². The van der Waals surface area contributed by atoms with E-state index in [1.165, 1.54) is 12.1 Å². The summed E-state index contributed by atoms with van der Waals surface area (Å²) in [5.41, 5.74) is 3.22. The first-order valence-corrected chi connectivity index (χ1v) is 5.99. The van der Waals surface area contributed by atoms with Gasteiger partial charge in [-0.3, -0.25) is 0 Å². The quantitative estimate of drug-likeness (QED) is 0.741. The molecule has 0 aromatic heterocycles. The average Bonchev–Trinajstić information content (AvgIpc) is 2.37. The number of anilines is 1. The van der Waals surface area contributed by atoms with Gasteiger partial charge in [0.25, 0.3) is 0 Å². The lowest BCUT2D eigenvalue weighted by Crippen LogP contribution is -2.00. The molecule has 2 aromatic carbocycles. The SMILES string of the molecule is Cc1cc(CNc2ccc(O)c(F)c2)cc(C)c1O. The van der Waals surface area contributed by atoms with Crippen LogP contribution < -0.4 is 5.32 Å². The van der Waals surface area contributed by atoms with Crippen molar-refractivity contribution in [3.05, 3.63) is 52.8 Å². The predicted octanol–water partition coefficient (Wildman–Crippen LogP) is 3.47. The van der Waals surface area contributed by atoms with Crippen LogP contribution in [-0.4, -0.2) is 10.2 Å². The second kappa shape index (κ2) is 5.18. The van der Waals surface area contributed by atoms with E-state index < -0.39 is 5.82 Å². The largest absolute Gasteiger partial charge is 0.507 e. The number of benzene rings is 2. The molecule has 0 atom stereocenters. The summed E-state index contributed by atoms with van der Waals surface area (Å²) in [7, 11) is 0. The zero-order valence-electron chi connectivity index (χ0n) is 10.9. The molecule has 2 rings (SSSR count). The second-order valence-corrected chi connectivity index (χ2v) is 4.60. The Bertz CT molecular complexity index is 588. The van der Waals surface area contributed by atoms with Crippen molar-refractivity contribution in [1.82, 2.24) is 0 Å². The van der Waals surface area contributed by atoms with Gasteiger partial charge in [-0.25, -0.2) is 4.39 Å². The summed E-state index contributed by atoms with van der Waals surface area (Å²) in [5.74, 6) is -0.704. The Morgan fingerprint density at radius 2 is 1.68 bits per heavy atom. The Morgan fingerprint density at radius 1 is 1.05 bits per heavy atom. The predicted molar refractivity (Wildman–Crippen MR) is 73.0 cm³/mol. The fourth-order valence-corrected chi connectivity index (χ4v) is 1.97. The number of nitrogens with one attached hydrogen (secondary N) is 1. The monoisotopic (exact) mass is 261 g/mol. The van der Waals surface area contributed by atoms with Gasteiger partial charge in [0.05, 0.1) is 0 Å². The van der Waals surface area contributed by atoms with E-state index in [0.717, 1.165) is 16.7 Å². The maximum Gasteiger partial charge on any atom is 0.166 e. The van der Waals surface area contributed by atoms with Crippen LogP contribution in [0.3, 0.4) is 0 Å². The van der Waals surface area contributed by atoms with Gasteiger partial charge in [-0.15, -0.1) is 0 Å². The zero-order chi connectivity index (χ0) is 14.0. The third-order valence-electron chi connectivity index (χ3n) is 3.00. The summed E-state index contributed by atoms with van der Waals surface area (Å²) < 4.78 is 13.2. The van der Waals surface area contributed by atoms with Crippen LogP contribution in [0.5, 0.6) is 11.5 Å². The van der Waals surface area contributed by atoms with Gasteiger partial charge >= 0.3 is 0 Å². The minimum Gasteiger partial charge on any atom is -0.507 e. The minimum atomic E-state index is -0.650. The van der Waals surface area contributed by atoms with E-state index >= 15 is 0 Å². The lowest BCUT2D eigenvalue weighted by Gasteiger charge is -2.10. The van der Waals surface area contributed by atoms with Gasteiger partial charge in [-0.1, -0.05) is 12.1 Å². The van der Waals surface area contributed by atoms with Crippen molar-refractivity contribution < 1.29 is 14.6 Å². The topological polar surface area (TPSA) is 52.5 Å². The highest BCUT2D eigenvalue weighted by atomic mass is 19.1. The Hall–Kier alpha value is -2.23. The van der Waals surface area contributed by atoms with Crippen molar-refractivity contribution in [1.29, 1.82) is 0 Å². The van der Waals surface area contributed by atoms with Crippen LogP contribution in [0.25, 0.3) is 0 Å². The number of phenolic OH excluding ortho intramolecular Hbond substituents is 2. The van der Waals surface area contributed by atoms with Crippen LogP contribution in [0.4, 0.5) is 10.1 Å². The molecule has 0 spiro atoms. The third-order valence-corrected chi connectivity index (χ3v) is 3.00. The Labute approximate surface area is 111 Å².